The van der Waals surface area contributed by atoms with Crippen LogP contribution in [0.25, 0.3) is 0 Å². The minimum Gasteiger partial charge on any atom is -0.290 e. The van der Waals surface area contributed by atoms with Gasteiger partial charge in [-0.25, -0.2) is 0 Å². The van der Waals surface area contributed by atoms with Crippen molar-refractivity contribution in [1.29, 1.82) is 0 Å². The van der Waals surface area contributed by atoms with Crippen LogP contribution in [0.3, 0.4) is 0 Å². The first-order valence-corrected chi connectivity index (χ1v) is 3.82. The molecule has 2 fully saturated rings. The van der Waals surface area contributed by atoms with E-state index < -0.39 is 0 Å². The lowest BCUT2D eigenvalue weighted by molar-refractivity contribution is 0.208. The Morgan fingerprint density at radius 3 is 2.89 bits per heavy atom. The van der Waals surface area contributed by atoms with E-state index in [1.54, 1.807) is 0 Å². The number of rotatable bonds is 0. The van der Waals surface area contributed by atoms with Crippen molar-refractivity contribution in [2.45, 2.75) is 19.0 Å². The van der Waals surface area contributed by atoms with Crippen molar-refractivity contribution in [3.63, 3.8) is 0 Å². The fourth-order valence-corrected chi connectivity index (χ4v) is 2.00. The topological polar surface area (TPSA) is 6.48 Å². The molecule has 9 heavy (non-hydrogen) atoms. The van der Waals surface area contributed by atoms with E-state index in [4.69, 9.17) is 0 Å². The van der Waals surface area contributed by atoms with Crippen LogP contribution in [0.2, 0.25) is 0 Å². The first-order valence-electron chi connectivity index (χ1n) is 3.82. The second-order valence-corrected chi connectivity index (χ2v) is 3.14. The van der Waals surface area contributed by atoms with Gasteiger partial charge in [0.25, 0.3) is 0 Å². The Morgan fingerprint density at radius 1 is 1.22 bits per heavy atom. The molecule has 2 rings (SSSR count). The molecule has 0 aromatic rings. The molecule has 2 nitrogen and oxygen atoms in total. The maximum atomic E-state index is 2.58. The van der Waals surface area contributed by atoms with Crippen molar-refractivity contribution in [3.05, 3.63) is 0 Å². The maximum Gasteiger partial charge on any atom is 0.0621 e. The molecule has 0 N–H and O–H groups in total. The molecule has 0 amide bonds. The Labute approximate surface area is 56.4 Å². The predicted octanol–water partition coefficient (Wildman–Crippen LogP) is 0.354. The zero-order chi connectivity index (χ0) is 6.27. The van der Waals surface area contributed by atoms with E-state index in [0.29, 0.717) is 0 Å². The SMILES string of the molecule is CN1CCN2CCCC12. The van der Waals surface area contributed by atoms with Crippen LogP contribution in [0, 0.1) is 0 Å². The molecular weight excluding hydrogens is 112 g/mol. The number of fused-ring (bicyclic) bond motifs is 1. The van der Waals surface area contributed by atoms with Crippen molar-refractivity contribution in [3.8, 4) is 0 Å². The van der Waals surface area contributed by atoms with Crippen molar-refractivity contribution < 1.29 is 0 Å². The molecule has 2 saturated heterocycles. The van der Waals surface area contributed by atoms with Crippen molar-refractivity contribution in [2.24, 2.45) is 0 Å². The van der Waals surface area contributed by atoms with Crippen LogP contribution in [0.15, 0.2) is 0 Å². The van der Waals surface area contributed by atoms with Crippen molar-refractivity contribution >= 4 is 0 Å². The highest BCUT2D eigenvalue weighted by Crippen LogP contribution is 2.23. The van der Waals surface area contributed by atoms with Gasteiger partial charge in [0.1, 0.15) is 0 Å². The second kappa shape index (κ2) is 1.96. The van der Waals surface area contributed by atoms with Gasteiger partial charge in [-0.2, -0.15) is 0 Å². The second-order valence-electron chi connectivity index (χ2n) is 3.14. The summed E-state index contributed by atoms with van der Waals surface area (Å²) in [5.41, 5.74) is 0. The fraction of sp³-hybridized carbons (Fsp3) is 1.00. The van der Waals surface area contributed by atoms with Gasteiger partial charge in [0, 0.05) is 13.1 Å². The summed E-state index contributed by atoms with van der Waals surface area (Å²) < 4.78 is 0. The Hall–Kier alpha value is -0.0800. The molecule has 1 unspecified atom stereocenters. The summed E-state index contributed by atoms with van der Waals surface area (Å²) in [5, 5.41) is 0. The first-order chi connectivity index (χ1) is 4.38. The van der Waals surface area contributed by atoms with Gasteiger partial charge in [-0.3, -0.25) is 9.80 Å². The predicted molar refractivity (Wildman–Crippen MR) is 37.2 cm³/mol. The van der Waals surface area contributed by atoms with Gasteiger partial charge in [0.15, 0.2) is 0 Å². The molecule has 2 aliphatic heterocycles. The van der Waals surface area contributed by atoms with Gasteiger partial charge in [0.05, 0.1) is 6.17 Å². The summed E-state index contributed by atoms with van der Waals surface area (Å²) in [6.07, 6.45) is 3.62. The first kappa shape index (κ1) is 5.69. The lowest BCUT2D eigenvalue weighted by Gasteiger charge is -2.18. The highest BCUT2D eigenvalue weighted by atomic mass is 15.4. The summed E-state index contributed by atoms with van der Waals surface area (Å²) in [6.45, 7) is 3.93. The normalized spacial score (nSPS) is 37.7. The summed E-state index contributed by atoms with van der Waals surface area (Å²) in [4.78, 5) is 5.05. The Bertz CT molecular complexity index is 113. The highest BCUT2D eigenvalue weighted by molar-refractivity contribution is 4.84. The van der Waals surface area contributed by atoms with E-state index in [0.717, 1.165) is 6.17 Å². The average molecular weight is 126 g/mol. The van der Waals surface area contributed by atoms with Crippen LogP contribution < -0.4 is 0 Å². The number of nitrogens with zero attached hydrogens (tertiary/aromatic N) is 2. The molecule has 0 aliphatic carbocycles. The van der Waals surface area contributed by atoms with E-state index in [1.165, 1.54) is 32.5 Å². The number of likely N-dealkylation sites (N-methyl/N-ethyl adjacent to an activating group) is 1. The number of hydrogen-bond donors (Lipinski definition) is 0. The largest absolute Gasteiger partial charge is 0.290 e. The van der Waals surface area contributed by atoms with E-state index in [1.807, 2.05) is 0 Å². The van der Waals surface area contributed by atoms with Crippen molar-refractivity contribution in [1.82, 2.24) is 9.80 Å². The quantitative estimate of drug-likeness (QED) is 0.462. The smallest absolute Gasteiger partial charge is 0.0621 e. The zero-order valence-electron chi connectivity index (χ0n) is 6.01. The molecule has 52 valence electrons. The summed E-state index contributed by atoms with van der Waals surface area (Å²) in [6, 6.07) is 0. The third-order valence-corrected chi connectivity index (χ3v) is 2.58. The van der Waals surface area contributed by atoms with Crippen LogP contribution in [0.1, 0.15) is 12.8 Å². The molecule has 0 saturated carbocycles. The third kappa shape index (κ3) is 0.775. The van der Waals surface area contributed by atoms with Crippen molar-refractivity contribution in [2.75, 3.05) is 26.7 Å². The third-order valence-electron chi connectivity index (χ3n) is 2.58. The summed E-state index contributed by atoms with van der Waals surface area (Å²) >= 11 is 0. The molecule has 2 heteroatoms. The Kier molecular flexibility index (Phi) is 1.24. The minimum atomic E-state index is 0.810. The Morgan fingerprint density at radius 2 is 2.11 bits per heavy atom. The van der Waals surface area contributed by atoms with Gasteiger partial charge >= 0.3 is 0 Å². The maximum absolute atomic E-state index is 2.58. The molecule has 0 bridgehead atoms. The van der Waals surface area contributed by atoms with Gasteiger partial charge in [0.2, 0.25) is 0 Å². The van der Waals surface area contributed by atoms with Crippen LogP contribution >= 0.6 is 0 Å². The zero-order valence-corrected chi connectivity index (χ0v) is 6.01. The average Bonchev–Trinajstić information content (AvgIpc) is 2.35. The van der Waals surface area contributed by atoms with Gasteiger partial charge in [-0.05, 0) is 26.4 Å². The van der Waals surface area contributed by atoms with Crippen LogP contribution in [0.5, 0.6) is 0 Å². The number of hydrogen-bond acceptors (Lipinski definition) is 2. The van der Waals surface area contributed by atoms with Crippen LogP contribution in [-0.4, -0.2) is 42.6 Å². The van der Waals surface area contributed by atoms with Gasteiger partial charge in [-0.1, -0.05) is 0 Å². The summed E-state index contributed by atoms with van der Waals surface area (Å²) in [5.74, 6) is 0. The van der Waals surface area contributed by atoms with Crippen LogP contribution in [0.4, 0.5) is 0 Å². The summed E-state index contributed by atoms with van der Waals surface area (Å²) in [7, 11) is 2.23. The molecular formula is C7H14N2. The standard InChI is InChI=1S/C7H14N2/c1-8-5-6-9-4-2-3-7(8)9/h7H,2-6H2,1H3. The van der Waals surface area contributed by atoms with E-state index in [-0.39, 0.29) is 0 Å². The molecule has 0 radical (unpaired) electrons. The molecule has 0 aromatic carbocycles. The highest BCUT2D eigenvalue weighted by Gasteiger charge is 2.32. The van der Waals surface area contributed by atoms with Gasteiger partial charge in [-0.15, -0.1) is 0 Å². The van der Waals surface area contributed by atoms with E-state index in [9.17, 15) is 0 Å². The monoisotopic (exact) mass is 126 g/mol. The minimum absolute atomic E-state index is 0.810. The van der Waals surface area contributed by atoms with Gasteiger partial charge < -0.3 is 0 Å². The molecule has 0 spiro atoms. The fourth-order valence-electron chi connectivity index (χ4n) is 2.00. The lowest BCUT2D eigenvalue weighted by atomic mass is 10.3. The molecule has 2 heterocycles. The molecule has 1 atom stereocenters. The molecule has 2 aliphatic rings. The van der Waals surface area contributed by atoms with E-state index in [2.05, 4.69) is 16.8 Å². The van der Waals surface area contributed by atoms with E-state index >= 15 is 0 Å². The lowest BCUT2D eigenvalue weighted by Crippen LogP contribution is -2.30. The molecule has 0 aromatic heterocycles. The Balaban J connectivity index is 2.07. The van der Waals surface area contributed by atoms with Crippen LogP contribution in [-0.2, 0) is 0 Å².